The lowest BCUT2D eigenvalue weighted by Crippen LogP contribution is -1.96. The fourth-order valence-corrected chi connectivity index (χ4v) is 2.74. The molecule has 0 amide bonds. The lowest BCUT2D eigenvalue weighted by Gasteiger charge is -2.11. The van der Waals surface area contributed by atoms with Gasteiger partial charge in [-0.3, -0.25) is 0 Å². The number of ether oxygens (including phenoxy) is 1. The summed E-state index contributed by atoms with van der Waals surface area (Å²) in [5, 5.41) is 9.29. The number of rotatable bonds is 5. The van der Waals surface area contributed by atoms with Crippen LogP contribution in [0.4, 0.5) is 0 Å². The molecule has 0 aliphatic carbocycles. The normalized spacial score (nSPS) is 10.5. The molecule has 0 radical (unpaired) electrons. The summed E-state index contributed by atoms with van der Waals surface area (Å²) in [6.07, 6.45) is 0. The van der Waals surface area contributed by atoms with Crippen LogP contribution in [0.2, 0.25) is 0 Å². The highest BCUT2D eigenvalue weighted by atomic mass is 79.9. The molecule has 0 aliphatic heterocycles. The molecule has 23 heavy (non-hydrogen) atoms. The molecule has 0 unspecified atom stereocenters. The Morgan fingerprint density at radius 3 is 2.30 bits per heavy atom. The molecule has 0 saturated carbocycles. The van der Waals surface area contributed by atoms with Gasteiger partial charge >= 0.3 is 0 Å². The van der Waals surface area contributed by atoms with Gasteiger partial charge in [-0.05, 0) is 56.4 Å². The fraction of sp³-hybridized carbons (Fsp3) is 0.100. The monoisotopic (exact) mass is 368 g/mol. The van der Waals surface area contributed by atoms with Crippen molar-refractivity contribution in [3.8, 4) is 16.9 Å². The first-order valence-corrected chi connectivity index (χ1v) is 8.22. The van der Waals surface area contributed by atoms with Gasteiger partial charge in [-0.1, -0.05) is 54.6 Å². The molecule has 0 heterocycles. The average Bonchev–Trinajstić information content (AvgIpc) is 2.62. The average molecular weight is 369 g/mol. The lowest BCUT2D eigenvalue weighted by molar-refractivity contribution is 0.282. The van der Waals surface area contributed by atoms with Gasteiger partial charge in [0.25, 0.3) is 0 Å². The molecule has 116 valence electrons. The fourth-order valence-electron chi connectivity index (χ4n) is 2.38. The van der Waals surface area contributed by atoms with Gasteiger partial charge < -0.3 is 9.84 Å². The highest BCUT2D eigenvalue weighted by Crippen LogP contribution is 2.31. The summed E-state index contributed by atoms with van der Waals surface area (Å²) >= 11 is 3.54. The largest absolute Gasteiger partial charge is 0.488 e. The SMILES string of the molecule is OCc1cccc(-c2ccc(Br)c(OCc3ccccc3)c2)c1. The zero-order chi connectivity index (χ0) is 16.1. The van der Waals surface area contributed by atoms with E-state index in [1.165, 1.54) is 0 Å². The predicted molar refractivity (Wildman–Crippen MR) is 96.3 cm³/mol. The van der Waals surface area contributed by atoms with E-state index in [0.29, 0.717) is 6.61 Å². The highest BCUT2D eigenvalue weighted by Gasteiger charge is 2.06. The van der Waals surface area contributed by atoms with Crippen LogP contribution in [0.3, 0.4) is 0 Å². The maximum absolute atomic E-state index is 9.29. The first-order chi connectivity index (χ1) is 11.3. The number of aliphatic hydroxyl groups is 1. The molecule has 3 aromatic rings. The molecule has 0 aliphatic rings. The van der Waals surface area contributed by atoms with Crippen LogP contribution in [0.1, 0.15) is 11.1 Å². The number of benzene rings is 3. The van der Waals surface area contributed by atoms with Crippen molar-refractivity contribution in [3.63, 3.8) is 0 Å². The van der Waals surface area contributed by atoms with Gasteiger partial charge in [-0.15, -0.1) is 0 Å². The van der Waals surface area contributed by atoms with Crippen LogP contribution >= 0.6 is 15.9 Å². The Morgan fingerprint density at radius 2 is 1.52 bits per heavy atom. The summed E-state index contributed by atoms with van der Waals surface area (Å²) < 4.78 is 6.87. The first kappa shape index (κ1) is 15.8. The molecule has 3 aromatic carbocycles. The topological polar surface area (TPSA) is 29.5 Å². The Hall–Kier alpha value is -2.10. The van der Waals surface area contributed by atoms with Gasteiger partial charge in [-0.25, -0.2) is 0 Å². The molecule has 0 spiro atoms. The van der Waals surface area contributed by atoms with E-state index in [0.717, 1.165) is 32.5 Å². The summed E-state index contributed by atoms with van der Waals surface area (Å²) in [6.45, 7) is 0.571. The standard InChI is InChI=1S/C20H17BrO2/c21-19-10-9-18(17-8-4-7-16(11-17)13-22)12-20(19)23-14-15-5-2-1-3-6-15/h1-12,22H,13-14H2. The van der Waals surface area contributed by atoms with Crippen LogP contribution in [0.15, 0.2) is 77.3 Å². The molecule has 3 heteroatoms. The summed E-state index contributed by atoms with van der Waals surface area (Å²) in [5.41, 5.74) is 4.16. The van der Waals surface area contributed by atoms with Gasteiger partial charge in [0.1, 0.15) is 12.4 Å². The number of aliphatic hydroxyl groups excluding tert-OH is 1. The summed E-state index contributed by atoms with van der Waals surface area (Å²) in [6, 6.07) is 24.0. The van der Waals surface area contributed by atoms with Crippen molar-refractivity contribution in [3.05, 3.63) is 88.4 Å². The zero-order valence-corrected chi connectivity index (χ0v) is 14.2. The van der Waals surface area contributed by atoms with Crippen molar-refractivity contribution >= 4 is 15.9 Å². The summed E-state index contributed by atoms with van der Waals surface area (Å²) in [4.78, 5) is 0. The number of halogens is 1. The second kappa shape index (κ2) is 7.44. The molecule has 0 aromatic heterocycles. The van der Waals surface area contributed by atoms with Gasteiger partial charge in [0.05, 0.1) is 11.1 Å². The van der Waals surface area contributed by atoms with Crippen LogP contribution in [-0.4, -0.2) is 5.11 Å². The van der Waals surface area contributed by atoms with E-state index in [2.05, 4.69) is 15.9 Å². The quantitative estimate of drug-likeness (QED) is 0.671. The van der Waals surface area contributed by atoms with Crippen LogP contribution < -0.4 is 4.74 Å². The van der Waals surface area contributed by atoms with Crippen LogP contribution in [0, 0.1) is 0 Å². The van der Waals surface area contributed by atoms with Gasteiger partial charge in [-0.2, -0.15) is 0 Å². The minimum absolute atomic E-state index is 0.0434. The van der Waals surface area contributed by atoms with E-state index < -0.39 is 0 Å². The van der Waals surface area contributed by atoms with Crippen LogP contribution in [0.25, 0.3) is 11.1 Å². The Morgan fingerprint density at radius 1 is 0.783 bits per heavy atom. The third-order valence-corrected chi connectivity index (χ3v) is 4.27. The van der Waals surface area contributed by atoms with Crippen molar-refractivity contribution in [2.75, 3.05) is 0 Å². The first-order valence-electron chi connectivity index (χ1n) is 7.43. The molecular formula is C20H17BrO2. The van der Waals surface area contributed by atoms with Gasteiger partial charge in [0.2, 0.25) is 0 Å². The lowest BCUT2D eigenvalue weighted by atomic mass is 10.0. The molecule has 2 nitrogen and oxygen atoms in total. The van der Waals surface area contributed by atoms with E-state index in [4.69, 9.17) is 4.74 Å². The molecule has 1 N–H and O–H groups in total. The Balaban J connectivity index is 1.84. The van der Waals surface area contributed by atoms with E-state index in [-0.39, 0.29) is 6.61 Å². The van der Waals surface area contributed by atoms with E-state index in [1.54, 1.807) is 0 Å². The maximum Gasteiger partial charge on any atom is 0.134 e. The molecule has 0 fully saturated rings. The van der Waals surface area contributed by atoms with Gasteiger partial charge in [0.15, 0.2) is 0 Å². The Bertz CT molecular complexity index is 785. The summed E-state index contributed by atoms with van der Waals surface area (Å²) in [7, 11) is 0. The molecule has 0 bridgehead atoms. The zero-order valence-electron chi connectivity index (χ0n) is 12.6. The van der Waals surface area contributed by atoms with E-state index in [9.17, 15) is 5.11 Å². The van der Waals surface area contributed by atoms with Crippen molar-refractivity contribution in [1.29, 1.82) is 0 Å². The van der Waals surface area contributed by atoms with Crippen molar-refractivity contribution in [1.82, 2.24) is 0 Å². The molecular weight excluding hydrogens is 352 g/mol. The minimum Gasteiger partial charge on any atom is -0.488 e. The number of hydrogen-bond donors (Lipinski definition) is 1. The third kappa shape index (κ3) is 4.01. The Kier molecular flexibility index (Phi) is 5.11. The second-order valence-corrected chi connectivity index (χ2v) is 6.13. The number of hydrogen-bond acceptors (Lipinski definition) is 2. The van der Waals surface area contributed by atoms with Crippen molar-refractivity contribution in [2.24, 2.45) is 0 Å². The summed E-state index contributed by atoms with van der Waals surface area (Å²) in [5.74, 6) is 0.806. The maximum atomic E-state index is 9.29. The third-order valence-electron chi connectivity index (χ3n) is 3.61. The van der Waals surface area contributed by atoms with Crippen molar-refractivity contribution < 1.29 is 9.84 Å². The van der Waals surface area contributed by atoms with Crippen molar-refractivity contribution in [2.45, 2.75) is 13.2 Å². The van der Waals surface area contributed by atoms with Gasteiger partial charge in [0, 0.05) is 0 Å². The molecule has 0 atom stereocenters. The smallest absolute Gasteiger partial charge is 0.134 e. The van der Waals surface area contributed by atoms with Crippen LogP contribution in [0.5, 0.6) is 5.75 Å². The second-order valence-electron chi connectivity index (χ2n) is 5.28. The minimum atomic E-state index is 0.0434. The highest BCUT2D eigenvalue weighted by molar-refractivity contribution is 9.10. The molecule has 3 rings (SSSR count). The van der Waals surface area contributed by atoms with Crippen LogP contribution in [-0.2, 0) is 13.2 Å². The molecule has 0 saturated heterocycles. The predicted octanol–water partition coefficient (Wildman–Crippen LogP) is 5.19. The van der Waals surface area contributed by atoms with E-state index >= 15 is 0 Å². The Labute approximate surface area is 144 Å². The van der Waals surface area contributed by atoms with E-state index in [1.807, 2.05) is 72.8 Å².